The summed E-state index contributed by atoms with van der Waals surface area (Å²) < 4.78 is 5.21. The van der Waals surface area contributed by atoms with Gasteiger partial charge >= 0.3 is 6.03 Å². The summed E-state index contributed by atoms with van der Waals surface area (Å²) in [6.07, 6.45) is 4.63. The summed E-state index contributed by atoms with van der Waals surface area (Å²) in [4.78, 5) is 32.5. The van der Waals surface area contributed by atoms with E-state index in [1.54, 1.807) is 12.0 Å². The van der Waals surface area contributed by atoms with Gasteiger partial charge in [-0.2, -0.15) is 0 Å². The average Bonchev–Trinajstić information content (AvgIpc) is 3.41. The topological polar surface area (TPSA) is 74.8 Å². The fourth-order valence-electron chi connectivity index (χ4n) is 4.06. The van der Waals surface area contributed by atoms with Crippen molar-refractivity contribution in [1.29, 1.82) is 0 Å². The highest BCUT2D eigenvalue weighted by molar-refractivity contribution is 7.14. The number of urea groups is 1. The SMILES string of the molecule is COc1ccc(CCC2CCN(C(=O)Cc3csc(N4CCNC4=O)n3)CC2)cc1. The van der Waals surface area contributed by atoms with Crippen molar-refractivity contribution in [3.63, 3.8) is 0 Å². The van der Waals surface area contributed by atoms with E-state index in [2.05, 4.69) is 22.4 Å². The number of rotatable bonds is 7. The summed E-state index contributed by atoms with van der Waals surface area (Å²) in [6, 6.07) is 8.17. The van der Waals surface area contributed by atoms with E-state index in [0.29, 0.717) is 30.6 Å². The van der Waals surface area contributed by atoms with Crippen LogP contribution in [0, 0.1) is 5.92 Å². The maximum absolute atomic E-state index is 12.7. The Balaban J connectivity index is 1.21. The van der Waals surface area contributed by atoms with Gasteiger partial charge in [0.25, 0.3) is 0 Å². The van der Waals surface area contributed by atoms with Crippen LogP contribution < -0.4 is 15.0 Å². The standard InChI is InChI=1S/C22H28N4O3S/c1-29-19-6-4-16(5-7-19)2-3-17-8-11-25(12-9-17)20(27)14-18-15-30-22(24-18)26-13-10-23-21(26)28/h4-7,15,17H,2-3,8-14H2,1H3,(H,23,28). The second kappa shape index (κ2) is 9.47. The minimum Gasteiger partial charge on any atom is -0.497 e. The monoisotopic (exact) mass is 428 g/mol. The average molecular weight is 429 g/mol. The predicted octanol–water partition coefficient (Wildman–Crippen LogP) is 3.10. The quantitative estimate of drug-likeness (QED) is 0.735. The van der Waals surface area contributed by atoms with Crippen LogP contribution in [0.15, 0.2) is 29.6 Å². The number of hydrogen-bond acceptors (Lipinski definition) is 5. The molecule has 0 aliphatic carbocycles. The summed E-state index contributed by atoms with van der Waals surface area (Å²) >= 11 is 1.42. The molecular formula is C22H28N4O3S. The van der Waals surface area contributed by atoms with Gasteiger partial charge in [0.05, 0.1) is 19.2 Å². The van der Waals surface area contributed by atoms with Crippen LogP contribution in [0.1, 0.15) is 30.5 Å². The second-order valence-electron chi connectivity index (χ2n) is 7.89. The molecule has 0 unspecified atom stereocenters. The number of methoxy groups -OCH3 is 1. The van der Waals surface area contributed by atoms with E-state index in [9.17, 15) is 9.59 Å². The Bertz CT molecular complexity index is 875. The van der Waals surface area contributed by atoms with Crippen LogP contribution in [-0.4, -0.2) is 55.1 Å². The zero-order chi connectivity index (χ0) is 20.9. The molecule has 7 nitrogen and oxygen atoms in total. The van der Waals surface area contributed by atoms with Crippen molar-refractivity contribution < 1.29 is 14.3 Å². The number of piperidine rings is 1. The maximum atomic E-state index is 12.7. The molecule has 0 bridgehead atoms. The van der Waals surface area contributed by atoms with Gasteiger partial charge in [-0.3, -0.25) is 9.69 Å². The van der Waals surface area contributed by atoms with Crippen LogP contribution in [0.5, 0.6) is 5.75 Å². The minimum atomic E-state index is -0.112. The lowest BCUT2D eigenvalue weighted by Crippen LogP contribution is -2.39. The third-order valence-corrected chi connectivity index (χ3v) is 6.84. The normalized spacial score (nSPS) is 17.3. The van der Waals surface area contributed by atoms with Gasteiger partial charge in [0, 0.05) is 31.6 Å². The number of anilines is 1. The third kappa shape index (κ3) is 4.92. The first kappa shape index (κ1) is 20.7. The Labute approximate surface area is 181 Å². The Kier molecular flexibility index (Phi) is 6.52. The van der Waals surface area contributed by atoms with Crippen LogP contribution in [0.4, 0.5) is 9.93 Å². The predicted molar refractivity (Wildman–Crippen MR) is 117 cm³/mol. The van der Waals surface area contributed by atoms with E-state index in [1.165, 1.54) is 16.9 Å². The molecule has 2 aliphatic heterocycles. The Morgan fingerprint density at radius 3 is 2.67 bits per heavy atom. The molecule has 3 heterocycles. The fourth-order valence-corrected chi connectivity index (χ4v) is 4.91. The Morgan fingerprint density at radius 1 is 1.23 bits per heavy atom. The number of aryl methyl sites for hydroxylation is 1. The van der Waals surface area contributed by atoms with Gasteiger partial charge in [0.2, 0.25) is 5.91 Å². The minimum absolute atomic E-state index is 0.112. The lowest BCUT2D eigenvalue weighted by atomic mass is 9.90. The van der Waals surface area contributed by atoms with Crippen LogP contribution in [0.2, 0.25) is 0 Å². The van der Waals surface area contributed by atoms with Crippen molar-refractivity contribution >= 4 is 28.4 Å². The van der Waals surface area contributed by atoms with Crippen LogP contribution in [0.25, 0.3) is 0 Å². The molecule has 2 saturated heterocycles. The summed E-state index contributed by atoms with van der Waals surface area (Å²) in [5.41, 5.74) is 2.08. The van der Waals surface area contributed by atoms with E-state index in [1.807, 2.05) is 22.4 Å². The lowest BCUT2D eigenvalue weighted by Gasteiger charge is -2.32. The molecule has 2 aromatic rings. The summed E-state index contributed by atoms with van der Waals surface area (Å²) in [5, 5.41) is 5.33. The van der Waals surface area contributed by atoms with Gasteiger partial charge in [-0.05, 0) is 49.3 Å². The smallest absolute Gasteiger partial charge is 0.323 e. The highest BCUT2D eigenvalue weighted by atomic mass is 32.1. The molecule has 4 rings (SSSR count). The zero-order valence-corrected chi connectivity index (χ0v) is 18.1. The van der Waals surface area contributed by atoms with Gasteiger partial charge in [0.15, 0.2) is 5.13 Å². The molecule has 160 valence electrons. The number of nitrogens with one attached hydrogen (secondary N) is 1. The first-order valence-corrected chi connectivity index (χ1v) is 11.4. The number of benzene rings is 1. The number of aromatic nitrogens is 1. The second-order valence-corrected chi connectivity index (χ2v) is 8.73. The van der Waals surface area contributed by atoms with Crippen LogP contribution in [-0.2, 0) is 17.6 Å². The Morgan fingerprint density at radius 2 is 2.00 bits per heavy atom. The molecule has 3 amide bonds. The van der Waals surface area contributed by atoms with Gasteiger partial charge in [-0.15, -0.1) is 11.3 Å². The van der Waals surface area contributed by atoms with E-state index in [4.69, 9.17) is 4.74 Å². The Hall–Kier alpha value is -2.61. The largest absolute Gasteiger partial charge is 0.497 e. The summed E-state index contributed by atoms with van der Waals surface area (Å²) in [6.45, 7) is 2.90. The van der Waals surface area contributed by atoms with Crippen molar-refractivity contribution in [3.8, 4) is 5.75 Å². The van der Waals surface area contributed by atoms with Crippen molar-refractivity contribution in [2.75, 3.05) is 38.2 Å². The van der Waals surface area contributed by atoms with Gasteiger partial charge in [-0.25, -0.2) is 9.78 Å². The fraction of sp³-hybridized carbons (Fsp3) is 0.500. The van der Waals surface area contributed by atoms with Gasteiger partial charge in [0.1, 0.15) is 5.75 Å². The van der Waals surface area contributed by atoms with E-state index in [-0.39, 0.29) is 11.9 Å². The number of carbonyl (C=O) groups is 2. The number of amides is 3. The molecule has 1 aromatic heterocycles. The van der Waals surface area contributed by atoms with Gasteiger partial charge in [-0.1, -0.05) is 12.1 Å². The summed E-state index contributed by atoms with van der Waals surface area (Å²) in [5.74, 6) is 1.68. The lowest BCUT2D eigenvalue weighted by molar-refractivity contribution is -0.131. The maximum Gasteiger partial charge on any atom is 0.323 e. The molecule has 0 radical (unpaired) electrons. The zero-order valence-electron chi connectivity index (χ0n) is 17.3. The molecule has 2 fully saturated rings. The van der Waals surface area contributed by atoms with E-state index in [0.717, 1.165) is 50.2 Å². The van der Waals surface area contributed by atoms with E-state index >= 15 is 0 Å². The molecule has 0 spiro atoms. The first-order valence-electron chi connectivity index (χ1n) is 10.5. The molecule has 1 aromatic carbocycles. The van der Waals surface area contributed by atoms with Crippen molar-refractivity contribution in [3.05, 3.63) is 40.9 Å². The molecule has 0 atom stereocenters. The molecule has 8 heteroatoms. The van der Waals surface area contributed by atoms with Gasteiger partial charge < -0.3 is 15.0 Å². The molecule has 1 N–H and O–H groups in total. The third-order valence-electron chi connectivity index (χ3n) is 5.93. The highest BCUT2D eigenvalue weighted by Gasteiger charge is 2.26. The molecular weight excluding hydrogens is 400 g/mol. The number of carbonyl (C=O) groups excluding carboxylic acids is 2. The highest BCUT2D eigenvalue weighted by Crippen LogP contribution is 2.25. The van der Waals surface area contributed by atoms with Crippen LogP contribution in [0.3, 0.4) is 0 Å². The van der Waals surface area contributed by atoms with Crippen LogP contribution >= 0.6 is 11.3 Å². The summed E-state index contributed by atoms with van der Waals surface area (Å²) in [7, 11) is 1.68. The molecule has 2 aliphatic rings. The first-order chi connectivity index (χ1) is 14.6. The number of likely N-dealkylation sites (tertiary alicyclic amines) is 1. The van der Waals surface area contributed by atoms with Crippen molar-refractivity contribution in [2.45, 2.75) is 32.1 Å². The van der Waals surface area contributed by atoms with Crippen molar-refractivity contribution in [2.24, 2.45) is 5.92 Å². The number of hydrogen-bond donors (Lipinski definition) is 1. The number of nitrogens with zero attached hydrogens (tertiary/aromatic N) is 3. The number of thiazole rings is 1. The number of ether oxygens (including phenoxy) is 1. The van der Waals surface area contributed by atoms with E-state index < -0.39 is 0 Å². The molecule has 30 heavy (non-hydrogen) atoms. The van der Waals surface area contributed by atoms with Crippen molar-refractivity contribution in [1.82, 2.24) is 15.2 Å². The molecule has 0 saturated carbocycles.